The topological polar surface area (TPSA) is 37.4 Å². The highest BCUT2D eigenvalue weighted by Gasteiger charge is 2.53. The van der Waals surface area contributed by atoms with E-state index in [1.165, 1.54) is 18.2 Å². The summed E-state index contributed by atoms with van der Waals surface area (Å²) in [6.45, 7) is 0. The van der Waals surface area contributed by atoms with Gasteiger partial charge >= 0.3 is 6.18 Å². The van der Waals surface area contributed by atoms with Crippen molar-refractivity contribution in [2.24, 2.45) is 5.41 Å². The van der Waals surface area contributed by atoms with Crippen LogP contribution in [0.5, 0.6) is 0 Å². The van der Waals surface area contributed by atoms with Crippen molar-refractivity contribution in [1.29, 1.82) is 0 Å². The maximum atomic E-state index is 13.1. The van der Waals surface area contributed by atoms with Gasteiger partial charge in [0.1, 0.15) is 0 Å². The van der Waals surface area contributed by atoms with Gasteiger partial charge in [0.15, 0.2) is 0 Å². The van der Waals surface area contributed by atoms with Crippen LogP contribution in [0.1, 0.15) is 44.1 Å². The molecule has 1 saturated heterocycles. The smallest absolute Gasteiger partial charge is 0.274 e. The predicted octanol–water partition coefficient (Wildman–Crippen LogP) is 3.92. The van der Waals surface area contributed by atoms with E-state index in [-0.39, 0.29) is 12.1 Å². The molecule has 1 aliphatic heterocycles. The molecule has 0 bridgehead atoms. The second kappa shape index (κ2) is 5.11. The van der Waals surface area contributed by atoms with Gasteiger partial charge in [-0.3, -0.25) is 9.59 Å². The third-order valence-corrected chi connectivity index (χ3v) is 4.66. The summed E-state index contributed by atoms with van der Waals surface area (Å²) in [5.74, 6) is -0.988. The van der Waals surface area contributed by atoms with Gasteiger partial charge in [-0.1, -0.05) is 31.4 Å². The summed E-state index contributed by atoms with van der Waals surface area (Å²) in [6, 6.07) is 4.77. The molecule has 0 radical (unpaired) electrons. The van der Waals surface area contributed by atoms with Crippen LogP contribution in [0.25, 0.3) is 0 Å². The summed E-state index contributed by atoms with van der Waals surface area (Å²) in [7, 11) is 0. The van der Waals surface area contributed by atoms with E-state index >= 15 is 0 Å². The normalized spacial score (nSPS) is 21.7. The molecule has 2 aliphatic rings. The maximum Gasteiger partial charge on any atom is 0.418 e. The number of hydrogen-bond donors (Lipinski definition) is 0. The lowest BCUT2D eigenvalue weighted by atomic mass is 9.73. The molecular weight excluding hydrogens is 295 g/mol. The lowest BCUT2D eigenvalue weighted by Crippen LogP contribution is -2.37. The highest BCUT2D eigenvalue weighted by Crippen LogP contribution is 2.48. The van der Waals surface area contributed by atoms with E-state index in [2.05, 4.69) is 0 Å². The van der Waals surface area contributed by atoms with Crippen LogP contribution >= 0.6 is 0 Å². The van der Waals surface area contributed by atoms with Crippen molar-refractivity contribution in [2.45, 2.75) is 44.7 Å². The van der Waals surface area contributed by atoms with Crippen LogP contribution in [0.3, 0.4) is 0 Å². The highest BCUT2D eigenvalue weighted by atomic mass is 19.4. The van der Waals surface area contributed by atoms with Crippen molar-refractivity contribution in [2.75, 3.05) is 4.90 Å². The summed E-state index contributed by atoms with van der Waals surface area (Å²) in [5, 5.41) is 0. The van der Waals surface area contributed by atoms with Crippen LogP contribution in [0, 0.1) is 5.41 Å². The van der Waals surface area contributed by atoms with Gasteiger partial charge < -0.3 is 0 Å². The zero-order valence-electron chi connectivity index (χ0n) is 11.9. The summed E-state index contributed by atoms with van der Waals surface area (Å²) in [4.78, 5) is 25.7. The summed E-state index contributed by atoms with van der Waals surface area (Å²) >= 11 is 0. The Balaban J connectivity index is 2.03. The van der Waals surface area contributed by atoms with Crippen molar-refractivity contribution in [3.63, 3.8) is 0 Å². The fourth-order valence-corrected chi connectivity index (χ4v) is 3.57. The number of imide groups is 1. The van der Waals surface area contributed by atoms with Crippen LogP contribution < -0.4 is 4.90 Å². The van der Waals surface area contributed by atoms with Gasteiger partial charge in [-0.15, -0.1) is 0 Å². The molecule has 0 unspecified atom stereocenters. The molecule has 0 atom stereocenters. The number of benzene rings is 1. The Bertz CT molecular complexity index is 618. The average molecular weight is 311 g/mol. The quantitative estimate of drug-likeness (QED) is 0.737. The van der Waals surface area contributed by atoms with Crippen LogP contribution in [-0.2, 0) is 15.8 Å². The standard InChI is InChI=1S/C16H16F3NO2/c17-16(18,19)11-6-2-3-7-12(11)20-13(21)10-15(14(20)22)8-4-1-5-9-15/h2-3,6-7H,1,4-5,8-10H2. The largest absolute Gasteiger partial charge is 0.418 e. The molecule has 22 heavy (non-hydrogen) atoms. The first-order chi connectivity index (χ1) is 10.4. The molecule has 3 nitrogen and oxygen atoms in total. The maximum absolute atomic E-state index is 13.1. The van der Waals surface area contributed by atoms with Crippen molar-refractivity contribution >= 4 is 17.5 Å². The molecule has 2 amide bonds. The summed E-state index contributed by atoms with van der Waals surface area (Å²) in [5.41, 5.74) is -2.06. The van der Waals surface area contributed by atoms with E-state index < -0.39 is 29.0 Å². The van der Waals surface area contributed by atoms with Gasteiger partial charge in [0.25, 0.3) is 0 Å². The van der Waals surface area contributed by atoms with E-state index in [1.807, 2.05) is 0 Å². The minimum Gasteiger partial charge on any atom is -0.274 e. The molecule has 0 N–H and O–H groups in total. The Kier molecular flexibility index (Phi) is 3.50. The third-order valence-electron chi connectivity index (χ3n) is 4.66. The van der Waals surface area contributed by atoms with Gasteiger partial charge in [-0.2, -0.15) is 13.2 Å². The first-order valence-corrected chi connectivity index (χ1v) is 7.39. The number of carbonyl (C=O) groups is 2. The van der Waals surface area contributed by atoms with Crippen molar-refractivity contribution < 1.29 is 22.8 Å². The fraction of sp³-hybridized carbons (Fsp3) is 0.500. The number of hydrogen-bond acceptors (Lipinski definition) is 2. The minimum absolute atomic E-state index is 0.0258. The molecule has 1 saturated carbocycles. The monoisotopic (exact) mass is 311 g/mol. The molecule has 1 aliphatic carbocycles. The number of nitrogens with zero attached hydrogens (tertiary/aromatic N) is 1. The average Bonchev–Trinajstić information content (AvgIpc) is 2.70. The second-order valence-corrected chi connectivity index (χ2v) is 6.07. The number of alkyl halides is 3. The molecule has 0 aromatic heterocycles. The molecule has 1 aromatic rings. The first-order valence-electron chi connectivity index (χ1n) is 7.39. The number of rotatable bonds is 1. The number of carbonyl (C=O) groups excluding carboxylic acids is 2. The number of halogens is 3. The fourth-order valence-electron chi connectivity index (χ4n) is 3.57. The van der Waals surface area contributed by atoms with Crippen molar-refractivity contribution in [3.8, 4) is 0 Å². The number of amides is 2. The number of para-hydroxylation sites is 1. The number of anilines is 1. The molecule has 1 heterocycles. The zero-order valence-corrected chi connectivity index (χ0v) is 11.9. The van der Waals surface area contributed by atoms with Gasteiger partial charge in [-0.25, -0.2) is 4.90 Å². The van der Waals surface area contributed by atoms with E-state index in [0.29, 0.717) is 12.8 Å². The molecular formula is C16H16F3NO2. The van der Waals surface area contributed by atoms with Gasteiger partial charge in [0.05, 0.1) is 16.7 Å². The molecule has 3 rings (SSSR count). The Morgan fingerprint density at radius 3 is 2.27 bits per heavy atom. The Morgan fingerprint density at radius 2 is 1.64 bits per heavy atom. The lowest BCUT2D eigenvalue weighted by molar-refractivity contribution is -0.137. The van der Waals surface area contributed by atoms with Gasteiger partial charge in [0, 0.05) is 6.42 Å². The highest BCUT2D eigenvalue weighted by molar-refractivity contribution is 6.23. The SMILES string of the molecule is O=C1CC2(CCCCC2)C(=O)N1c1ccccc1C(F)(F)F. The second-order valence-electron chi connectivity index (χ2n) is 6.07. The molecule has 2 fully saturated rings. The van der Waals surface area contributed by atoms with Gasteiger partial charge in [-0.05, 0) is 25.0 Å². The molecule has 6 heteroatoms. The molecule has 1 aromatic carbocycles. The first kappa shape index (κ1) is 15.1. The Labute approximate surface area is 126 Å². The lowest BCUT2D eigenvalue weighted by Gasteiger charge is -2.30. The van der Waals surface area contributed by atoms with Crippen LogP contribution in [0.4, 0.5) is 18.9 Å². The van der Waals surface area contributed by atoms with Crippen LogP contribution in [0.15, 0.2) is 24.3 Å². The van der Waals surface area contributed by atoms with E-state index in [9.17, 15) is 22.8 Å². The van der Waals surface area contributed by atoms with Crippen LogP contribution in [0.2, 0.25) is 0 Å². The zero-order chi connectivity index (χ0) is 16.0. The summed E-state index contributed by atoms with van der Waals surface area (Å²) < 4.78 is 39.4. The Morgan fingerprint density at radius 1 is 1.00 bits per heavy atom. The van der Waals surface area contributed by atoms with Gasteiger partial charge in [0.2, 0.25) is 11.8 Å². The van der Waals surface area contributed by atoms with E-state index in [4.69, 9.17) is 0 Å². The van der Waals surface area contributed by atoms with Crippen molar-refractivity contribution in [3.05, 3.63) is 29.8 Å². The van der Waals surface area contributed by atoms with E-state index in [0.717, 1.165) is 30.2 Å². The summed E-state index contributed by atoms with van der Waals surface area (Å²) in [6.07, 6.45) is -0.716. The minimum atomic E-state index is -4.60. The van der Waals surface area contributed by atoms with Crippen LogP contribution in [-0.4, -0.2) is 11.8 Å². The van der Waals surface area contributed by atoms with Crippen molar-refractivity contribution in [1.82, 2.24) is 0 Å². The predicted molar refractivity (Wildman–Crippen MR) is 74.1 cm³/mol. The van der Waals surface area contributed by atoms with E-state index in [1.54, 1.807) is 0 Å². The third kappa shape index (κ3) is 2.30. The molecule has 118 valence electrons. The molecule has 1 spiro atoms. The Hall–Kier alpha value is -1.85.